The lowest BCUT2D eigenvalue weighted by molar-refractivity contribution is -0.131. The molecule has 0 aliphatic carbocycles. The third-order valence-corrected chi connectivity index (χ3v) is 5.76. The van der Waals surface area contributed by atoms with Crippen LogP contribution in [0.15, 0.2) is 6.07 Å². The zero-order valence-electron chi connectivity index (χ0n) is 14.7. The van der Waals surface area contributed by atoms with Gasteiger partial charge in [0.05, 0.1) is 17.2 Å². The highest BCUT2D eigenvalue weighted by molar-refractivity contribution is 7.91. The smallest absolute Gasteiger partial charge is 0.244 e. The molecule has 130 valence electrons. The molecule has 1 aromatic rings. The van der Waals surface area contributed by atoms with Crippen molar-refractivity contribution in [1.29, 1.82) is 0 Å². The quantitative estimate of drug-likeness (QED) is 0.836. The second-order valence-electron chi connectivity index (χ2n) is 7.55. The minimum Gasteiger partial charge on any atom is -0.339 e. The van der Waals surface area contributed by atoms with Crippen molar-refractivity contribution in [1.82, 2.24) is 14.7 Å². The molecule has 1 aromatic heterocycles. The van der Waals surface area contributed by atoms with E-state index >= 15 is 0 Å². The zero-order valence-corrected chi connectivity index (χ0v) is 15.5. The monoisotopic (exact) mass is 341 g/mol. The van der Waals surface area contributed by atoms with Gasteiger partial charge in [-0.2, -0.15) is 5.10 Å². The molecule has 1 aliphatic rings. The van der Waals surface area contributed by atoms with Gasteiger partial charge < -0.3 is 4.90 Å². The van der Waals surface area contributed by atoms with Crippen molar-refractivity contribution in [2.45, 2.75) is 52.5 Å². The minimum absolute atomic E-state index is 0.0577. The molecular weight excluding hydrogens is 314 g/mol. The lowest BCUT2D eigenvalue weighted by Crippen LogP contribution is -2.45. The Labute approximate surface area is 138 Å². The summed E-state index contributed by atoms with van der Waals surface area (Å²) in [5.41, 5.74) is 1.93. The summed E-state index contributed by atoms with van der Waals surface area (Å²) < 4.78 is 24.7. The van der Waals surface area contributed by atoms with E-state index in [1.807, 2.05) is 0 Å². The molecule has 0 unspecified atom stereocenters. The highest BCUT2D eigenvalue weighted by Crippen LogP contribution is 2.25. The van der Waals surface area contributed by atoms with Gasteiger partial charge in [-0.05, 0) is 12.0 Å². The Balaban J connectivity index is 2.16. The largest absolute Gasteiger partial charge is 0.339 e. The molecule has 1 aliphatic heterocycles. The molecule has 6 nitrogen and oxygen atoms in total. The molecule has 1 fully saturated rings. The van der Waals surface area contributed by atoms with Crippen molar-refractivity contribution in [3.05, 3.63) is 17.5 Å². The number of sulfone groups is 1. The Morgan fingerprint density at radius 2 is 1.83 bits per heavy atom. The first kappa shape index (κ1) is 18.0. The van der Waals surface area contributed by atoms with Gasteiger partial charge in [-0.25, -0.2) is 8.42 Å². The molecule has 0 saturated carbocycles. The van der Waals surface area contributed by atoms with Crippen LogP contribution >= 0.6 is 0 Å². The van der Waals surface area contributed by atoms with E-state index < -0.39 is 9.84 Å². The fourth-order valence-corrected chi connectivity index (χ4v) is 3.78. The summed E-state index contributed by atoms with van der Waals surface area (Å²) in [4.78, 5) is 14.1. The Morgan fingerprint density at radius 1 is 1.26 bits per heavy atom. The summed E-state index contributed by atoms with van der Waals surface area (Å²) >= 11 is 0. The van der Waals surface area contributed by atoms with Crippen LogP contribution in [0.3, 0.4) is 0 Å². The van der Waals surface area contributed by atoms with Crippen LogP contribution in [-0.4, -0.2) is 53.6 Å². The van der Waals surface area contributed by atoms with Crippen LogP contribution in [0.25, 0.3) is 0 Å². The van der Waals surface area contributed by atoms with Crippen LogP contribution in [0.2, 0.25) is 0 Å². The maximum atomic E-state index is 12.5. The van der Waals surface area contributed by atoms with E-state index in [9.17, 15) is 13.2 Å². The van der Waals surface area contributed by atoms with Crippen LogP contribution in [0.5, 0.6) is 0 Å². The van der Waals surface area contributed by atoms with E-state index in [0.717, 1.165) is 11.4 Å². The van der Waals surface area contributed by atoms with E-state index in [-0.39, 0.29) is 48.4 Å². The molecule has 2 heterocycles. The molecule has 7 heteroatoms. The normalized spacial score (nSPS) is 18.4. The van der Waals surface area contributed by atoms with Crippen molar-refractivity contribution < 1.29 is 13.2 Å². The maximum absolute atomic E-state index is 12.5. The first-order valence-corrected chi connectivity index (χ1v) is 9.88. The van der Waals surface area contributed by atoms with Crippen LogP contribution in [0.4, 0.5) is 0 Å². The molecule has 2 rings (SSSR count). The number of hydrogen-bond acceptors (Lipinski definition) is 4. The summed E-state index contributed by atoms with van der Waals surface area (Å²) in [7, 11) is -2.98. The second kappa shape index (κ2) is 6.26. The Morgan fingerprint density at radius 3 is 2.30 bits per heavy atom. The van der Waals surface area contributed by atoms with E-state index in [4.69, 9.17) is 0 Å². The number of carbonyl (C=O) groups excluding carboxylic acids is 1. The van der Waals surface area contributed by atoms with Crippen molar-refractivity contribution in [2.24, 2.45) is 0 Å². The van der Waals surface area contributed by atoms with Gasteiger partial charge in [0.1, 0.15) is 6.54 Å². The number of nitrogens with zero attached hydrogens (tertiary/aromatic N) is 3. The second-order valence-corrected chi connectivity index (χ2v) is 9.85. The molecular formula is C16H27N3O3S. The maximum Gasteiger partial charge on any atom is 0.244 e. The van der Waals surface area contributed by atoms with E-state index in [2.05, 4.69) is 45.8 Å². The van der Waals surface area contributed by atoms with Crippen LogP contribution < -0.4 is 0 Å². The molecule has 23 heavy (non-hydrogen) atoms. The van der Waals surface area contributed by atoms with Crippen molar-refractivity contribution in [3.8, 4) is 0 Å². The number of carbonyl (C=O) groups is 1. The van der Waals surface area contributed by atoms with Gasteiger partial charge in [0.2, 0.25) is 5.91 Å². The Kier molecular flexibility index (Phi) is 4.89. The van der Waals surface area contributed by atoms with Crippen molar-refractivity contribution in [2.75, 3.05) is 24.6 Å². The predicted octanol–water partition coefficient (Wildman–Crippen LogP) is 1.56. The third-order valence-electron chi connectivity index (χ3n) is 4.15. The van der Waals surface area contributed by atoms with Crippen LogP contribution in [0, 0.1) is 0 Å². The molecule has 1 saturated heterocycles. The van der Waals surface area contributed by atoms with Gasteiger partial charge in [0.15, 0.2) is 9.84 Å². The summed E-state index contributed by atoms with van der Waals surface area (Å²) in [5.74, 6) is 0.322. The van der Waals surface area contributed by atoms with Crippen molar-refractivity contribution >= 4 is 15.7 Å². The number of amides is 1. The summed E-state index contributed by atoms with van der Waals surface area (Å²) in [6, 6.07) is 2.07. The predicted molar refractivity (Wildman–Crippen MR) is 90.2 cm³/mol. The number of rotatable bonds is 3. The average Bonchev–Trinajstić information content (AvgIpc) is 2.82. The minimum atomic E-state index is -2.98. The highest BCUT2D eigenvalue weighted by Gasteiger charge is 2.27. The van der Waals surface area contributed by atoms with Gasteiger partial charge >= 0.3 is 0 Å². The van der Waals surface area contributed by atoms with Crippen LogP contribution in [-0.2, 0) is 26.6 Å². The average molecular weight is 341 g/mol. The molecule has 1 amide bonds. The molecule has 0 spiro atoms. The molecule has 0 atom stereocenters. The summed E-state index contributed by atoms with van der Waals surface area (Å²) in [6.07, 6.45) is 0. The number of hydrogen-bond donors (Lipinski definition) is 0. The van der Waals surface area contributed by atoms with E-state index in [1.165, 1.54) is 0 Å². The molecule has 0 bridgehead atoms. The van der Waals surface area contributed by atoms with Gasteiger partial charge in [-0.15, -0.1) is 0 Å². The fraction of sp³-hybridized carbons (Fsp3) is 0.750. The Hall–Kier alpha value is -1.37. The topological polar surface area (TPSA) is 72.3 Å². The Bertz CT molecular complexity index is 670. The lowest BCUT2D eigenvalue weighted by atomic mass is 9.92. The molecule has 0 aromatic carbocycles. The van der Waals surface area contributed by atoms with Crippen molar-refractivity contribution in [3.63, 3.8) is 0 Å². The lowest BCUT2D eigenvalue weighted by Gasteiger charge is -2.27. The zero-order chi connectivity index (χ0) is 17.4. The summed E-state index contributed by atoms with van der Waals surface area (Å²) in [5, 5.41) is 4.62. The summed E-state index contributed by atoms with van der Waals surface area (Å²) in [6.45, 7) is 11.2. The van der Waals surface area contributed by atoms with Gasteiger partial charge in [0.25, 0.3) is 0 Å². The first-order valence-electron chi connectivity index (χ1n) is 8.06. The SMILES string of the molecule is CC(C)c1cc(C(C)(C)C)nn1CC(=O)N1CCS(=O)(=O)CC1. The molecule has 0 radical (unpaired) electrons. The van der Waals surface area contributed by atoms with E-state index in [0.29, 0.717) is 0 Å². The number of aromatic nitrogens is 2. The highest BCUT2D eigenvalue weighted by atomic mass is 32.2. The molecule has 0 N–H and O–H groups in total. The standard InChI is InChI=1S/C16H27N3O3S/c1-12(2)13-10-14(16(3,4)5)17-19(13)11-15(20)18-6-8-23(21,22)9-7-18/h10,12H,6-9,11H2,1-5H3. The first-order chi connectivity index (χ1) is 10.5. The van der Waals surface area contributed by atoms with Gasteiger partial charge in [-0.3, -0.25) is 9.48 Å². The van der Waals surface area contributed by atoms with Crippen LogP contribution in [0.1, 0.15) is 51.9 Å². The van der Waals surface area contributed by atoms with Gasteiger partial charge in [-0.1, -0.05) is 34.6 Å². The van der Waals surface area contributed by atoms with Gasteiger partial charge in [0, 0.05) is 24.2 Å². The third kappa shape index (κ3) is 4.34. The fourth-order valence-electron chi connectivity index (χ4n) is 2.58. The van der Waals surface area contributed by atoms with E-state index in [1.54, 1.807) is 9.58 Å².